The molecule has 3 heterocycles. The van der Waals surface area contributed by atoms with Gasteiger partial charge in [0.1, 0.15) is 17.6 Å². The Labute approximate surface area is 230 Å². The van der Waals surface area contributed by atoms with Crippen LogP contribution >= 0.6 is 15.9 Å². The van der Waals surface area contributed by atoms with E-state index in [-0.39, 0.29) is 24.6 Å². The Morgan fingerprint density at radius 3 is 2.56 bits per heavy atom. The van der Waals surface area contributed by atoms with Gasteiger partial charge in [-0.25, -0.2) is 9.78 Å². The Morgan fingerprint density at radius 1 is 1.05 bits per heavy atom. The number of benzene rings is 2. The third-order valence-electron chi connectivity index (χ3n) is 6.36. The Bertz CT molecular complexity index is 1730. The van der Waals surface area contributed by atoms with E-state index in [0.717, 1.165) is 10.0 Å². The number of aromatic nitrogens is 3. The fraction of sp³-hybridized carbons (Fsp3) is 0.179. The summed E-state index contributed by atoms with van der Waals surface area (Å²) in [6.45, 7) is 1.76. The van der Waals surface area contributed by atoms with Gasteiger partial charge in [-0.15, -0.1) is 0 Å². The maximum absolute atomic E-state index is 13.0. The van der Waals surface area contributed by atoms with Crippen molar-refractivity contribution in [1.82, 2.24) is 14.5 Å². The summed E-state index contributed by atoms with van der Waals surface area (Å²) in [7, 11) is 0. The average Bonchev–Trinajstić information content (AvgIpc) is 3.58. The molecule has 0 fully saturated rings. The molecule has 198 valence electrons. The highest BCUT2D eigenvalue weighted by atomic mass is 79.9. The summed E-state index contributed by atoms with van der Waals surface area (Å²) < 4.78 is 7.93. The van der Waals surface area contributed by atoms with E-state index in [0.29, 0.717) is 45.4 Å². The molecule has 0 saturated heterocycles. The van der Waals surface area contributed by atoms with E-state index < -0.39 is 18.0 Å². The van der Waals surface area contributed by atoms with Crippen LogP contribution in [0.15, 0.2) is 69.9 Å². The van der Waals surface area contributed by atoms with E-state index in [9.17, 15) is 19.5 Å². The fourth-order valence-electron chi connectivity index (χ4n) is 4.38. The lowest BCUT2D eigenvalue weighted by Crippen LogP contribution is -2.29. The highest BCUT2D eigenvalue weighted by Gasteiger charge is 2.22. The van der Waals surface area contributed by atoms with Gasteiger partial charge in [-0.05, 0) is 55.0 Å². The normalized spacial score (nSPS) is 12.1. The van der Waals surface area contributed by atoms with Crippen molar-refractivity contribution < 1.29 is 29.0 Å². The number of Topliss-reactive ketones (excluding diaryl/α,β-unsaturated/α-hetero) is 1. The van der Waals surface area contributed by atoms with E-state index in [4.69, 9.17) is 19.5 Å². The van der Waals surface area contributed by atoms with E-state index in [1.165, 1.54) is 0 Å². The first-order valence-corrected chi connectivity index (χ1v) is 13.0. The van der Waals surface area contributed by atoms with Crippen molar-refractivity contribution in [2.75, 3.05) is 5.32 Å². The molecule has 1 unspecified atom stereocenters. The molecule has 3 aromatic heterocycles. The minimum atomic E-state index is -1.06. The Morgan fingerprint density at radius 2 is 1.87 bits per heavy atom. The second-order valence-electron chi connectivity index (χ2n) is 8.92. The number of anilines is 1. The van der Waals surface area contributed by atoms with E-state index in [1.54, 1.807) is 48.2 Å². The van der Waals surface area contributed by atoms with Crippen LogP contribution in [0.1, 0.15) is 36.5 Å². The fourth-order valence-corrected chi connectivity index (χ4v) is 4.74. The summed E-state index contributed by atoms with van der Waals surface area (Å²) >= 11 is 3.44. The predicted molar refractivity (Wildman–Crippen MR) is 148 cm³/mol. The van der Waals surface area contributed by atoms with Crippen LogP contribution in [-0.2, 0) is 9.59 Å². The molecule has 0 aliphatic heterocycles. The summed E-state index contributed by atoms with van der Waals surface area (Å²) in [5.74, 6) is -1.21. The van der Waals surface area contributed by atoms with Gasteiger partial charge in [-0.2, -0.15) is 4.98 Å². The van der Waals surface area contributed by atoms with Crippen molar-refractivity contribution >= 4 is 61.3 Å². The smallest absolute Gasteiger partial charge is 0.326 e. The third-order valence-corrected chi connectivity index (χ3v) is 6.85. The average molecular weight is 591 g/mol. The van der Waals surface area contributed by atoms with Crippen LogP contribution in [0.25, 0.3) is 39.1 Å². The Kier molecular flexibility index (Phi) is 7.16. The van der Waals surface area contributed by atoms with Crippen molar-refractivity contribution in [2.24, 2.45) is 0 Å². The van der Waals surface area contributed by atoms with Gasteiger partial charge < -0.3 is 19.9 Å². The van der Waals surface area contributed by atoms with Crippen LogP contribution in [0.2, 0.25) is 0 Å². The van der Waals surface area contributed by atoms with Gasteiger partial charge in [0.05, 0.1) is 23.7 Å². The number of carbonyl (C=O) groups excluding carboxylic acids is 1. The Hall–Kier alpha value is -4.51. The molecular weight excluding hydrogens is 568 g/mol. The standard InChI is InChI=1S/C28H23BrN4O6/c1-2-20(27(37)38)30-26-18-12-15(24-4-3-11-39-24)5-7-21(18)31-28(32-26)33-14-19(23(34)9-10-25(35)36)17-13-16(29)6-8-22(17)33/h3-8,11-14,20H,2,9-10H2,1H3,(H,35,36)(H,37,38)(H,30,31,32). The molecule has 0 amide bonds. The molecule has 11 heteroatoms. The van der Waals surface area contributed by atoms with Gasteiger partial charge in [-0.1, -0.05) is 22.9 Å². The number of ketones is 1. The van der Waals surface area contributed by atoms with Gasteiger partial charge in [0.25, 0.3) is 0 Å². The number of carboxylic acids is 2. The lowest BCUT2D eigenvalue weighted by molar-refractivity contribution is -0.138. The number of rotatable bonds is 10. The second-order valence-corrected chi connectivity index (χ2v) is 9.83. The zero-order chi connectivity index (χ0) is 27.7. The number of furan rings is 1. The van der Waals surface area contributed by atoms with Gasteiger partial charge in [0.15, 0.2) is 5.78 Å². The van der Waals surface area contributed by atoms with E-state index in [1.807, 2.05) is 24.3 Å². The minimum absolute atomic E-state index is 0.154. The van der Waals surface area contributed by atoms with Crippen LogP contribution in [-0.4, -0.2) is 48.5 Å². The first-order chi connectivity index (χ1) is 18.7. The first kappa shape index (κ1) is 26.1. The SMILES string of the molecule is CCC(Nc1nc(-n2cc(C(=O)CCC(=O)O)c3cc(Br)ccc32)nc2ccc(-c3ccco3)cc12)C(=O)O. The third kappa shape index (κ3) is 5.26. The summed E-state index contributed by atoms with van der Waals surface area (Å²) in [6, 6.07) is 13.6. The molecule has 0 aliphatic rings. The van der Waals surface area contributed by atoms with Crippen LogP contribution < -0.4 is 5.32 Å². The number of nitrogens with one attached hydrogen (secondary N) is 1. The molecule has 2 aromatic carbocycles. The molecule has 10 nitrogen and oxygen atoms in total. The zero-order valence-corrected chi connectivity index (χ0v) is 22.3. The van der Waals surface area contributed by atoms with Crippen molar-refractivity contribution in [3.8, 4) is 17.3 Å². The van der Waals surface area contributed by atoms with Gasteiger partial charge in [0.2, 0.25) is 5.95 Å². The number of hydrogen-bond acceptors (Lipinski definition) is 7. The number of aliphatic carboxylic acids is 2. The highest BCUT2D eigenvalue weighted by molar-refractivity contribution is 9.10. The topological polar surface area (TPSA) is 148 Å². The van der Waals surface area contributed by atoms with Crippen LogP contribution in [0.3, 0.4) is 0 Å². The van der Waals surface area contributed by atoms with Crippen molar-refractivity contribution in [3.63, 3.8) is 0 Å². The molecule has 0 spiro atoms. The summed E-state index contributed by atoms with van der Waals surface area (Å²) in [4.78, 5) is 45.4. The molecule has 3 N–H and O–H groups in total. The van der Waals surface area contributed by atoms with E-state index >= 15 is 0 Å². The molecule has 1 atom stereocenters. The van der Waals surface area contributed by atoms with Crippen LogP contribution in [0.4, 0.5) is 5.82 Å². The van der Waals surface area contributed by atoms with E-state index in [2.05, 4.69) is 21.2 Å². The van der Waals surface area contributed by atoms with Crippen molar-refractivity contribution in [1.29, 1.82) is 0 Å². The molecule has 5 aromatic rings. The molecule has 0 aliphatic carbocycles. The number of carbonyl (C=O) groups is 3. The minimum Gasteiger partial charge on any atom is -0.481 e. The van der Waals surface area contributed by atoms with Crippen LogP contribution in [0.5, 0.6) is 0 Å². The quantitative estimate of drug-likeness (QED) is 0.168. The molecule has 0 bridgehead atoms. The lowest BCUT2D eigenvalue weighted by Gasteiger charge is -2.16. The predicted octanol–water partition coefficient (Wildman–Crippen LogP) is 5.92. The van der Waals surface area contributed by atoms with Crippen LogP contribution in [0, 0.1) is 0 Å². The molecule has 0 radical (unpaired) electrons. The molecule has 39 heavy (non-hydrogen) atoms. The van der Waals surface area contributed by atoms with Crippen molar-refractivity contribution in [2.45, 2.75) is 32.2 Å². The number of halogens is 1. The zero-order valence-electron chi connectivity index (χ0n) is 20.7. The summed E-state index contributed by atoms with van der Waals surface area (Å²) in [5.41, 5.74) is 2.31. The molecule has 5 rings (SSSR count). The van der Waals surface area contributed by atoms with Gasteiger partial charge >= 0.3 is 11.9 Å². The summed E-state index contributed by atoms with van der Waals surface area (Å²) in [6.07, 6.45) is 3.04. The van der Waals surface area contributed by atoms with Crippen molar-refractivity contribution in [3.05, 3.63) is 71.0 Å². The summed E-state index contributed by atoms with van der Waals surface area (Å²) in [5, 5.41) is 23.0. The largest absolute Gasteiger partial charge is 0.481 e. The number of nitrogens with zero attached hydrogens (tertiary/aromatic N) is 3. The van der Waals surface area contributed by atoms with Gasteiger partial charge in [-0.3, -0.25) is 14.2 Å². The number of fused-ring (bicyclic) bond motifs is 2. The molecule has 0 saturated carbocycles. The molecular formula is C28H23BrN4O6. The first-order valence-electron chi connectivity index (χ1n) is 12.2. The number of carboxylic acid groups (broad SMARTS) is 2. The second kappa shape index (κ2) is 10.7. The monoisotopic (exact) mass is 590 g/mol. The maximum atomic E-state index is 13.0. The number of hydrogen-bond donors (Lipinski definition) is 3. The lowest BCUT2D eigenvalue weighted by atomic mass is 10.1. The maximum Gasteiger partial charge on any atom is 0.326 e. The highest BCUT2D eigenvalue weighted by Crippen LogP contribution is 2.32. The Balaban J connectivity index is 1.70. The van der Waals surface area contributed by atoms with Gasteiger partial charge in [0, 0.05) is 39.0 Å².